The number of rotatable bonds is 28. The summed E-state index contributed by atoms with van der Waals surface area (Å²) in [6, 6.07) is 0. The van der Waals surface area contributed by atoms with Crippen LogP contribution in [0.1, 0.15) is 243 Å². The van der Waals surface area contributed by atoms with Crippen LogP contribution in [0, 0.1) is 5.92 Å². The van der Waals surface area contributed by atoms with Gasteiger partial charge in [-0.3, -0.25) is 4.79 Å². The van der Waals surface area contributed by atoms with E-state index in [0.29, 0.717) is 25.2 Å². The molecule has 0 aromatic rings. The van der Waals surface area contributed by atoms with Crippen LogP contribution in [0.15, 0.2) is 0 Å². The Morgan fingerprint density at radius 2 is 0.808 bits per heavy atom. The second-order valence-corrected chi connectivity index (χ2v) is 13.2. The minimum atomic E-state index is -0.961. The quantitative estimate of drug-likeness (QED) is 0.0463. The number of aliphatic carboxylic acids is 1. The highest BCUT2D eigenvalue weighted by Gasteiger charge is 2.13. The topological polar surface area (TPSA) is 128 Å². The number of carbonyl (C=O) groups excluding carboxylic acids is 1. The van der Waals surface area contributed by atoms with E-state index in [9.17, 15) is 4.79 Å². The molecule has 2 atom stereocenters. The number of carboxylic acid groups (broad SMARTS) is 1. The van der Waals surface area contributed by atoms with Crippen molar-refractivity contribution in [3.05, 3.63) is 0 Å². The Morgan fingerprint density at radius 3 is 1.00 bits per heavy atom. The van der Waals surface area contributed by atoms with E-state index < -0.39 is 5.97 Å². The molecule has 7 nitrogen and oxygen atoms in total. The average Bonchev–Trinajstić information content (AvgIpc) is 3.97. The summed E-state index contributed by atoms with van der Waals surface area (Å²) in [4.78, 5) is 17.4. The molecular formula is C45H100O7. The molecule has 1 aliphatic heterocycles. The highest BCUT2D eigenvalue weighted by atomic mass is 16.6. The van der Waals surface area contributed by atoms with E-state index in [0.717, 1.165) is 13.0 Å². The van der Waals surface area contributed by atoms with Gasteiger partial charge in [-0.15, -0.1) is 0 Å². The lowest BCUT2D eigenvalue weighted by molar-refractivity contribution is -0.137. The molecule has 0 aromatic carbocycles. The predicted molar refractivity (Wildman–Crippen MR) is 231 cm³/mol. The summed E-state index contributed by atoms with van der Waals surface area (Å²) in [5.41, 5.74) is 0. The van der Waals surface area contributed by atoms with Crippen LogP contribution in [0.5, 0.6) is 0 Å². The fraction of sp³-hybridized carbons (Fsp3) is 0.956. The summed E-state index contributed by atoms with van der Waals surface area (Å²) < 4.78 is 4.71. The first kappa shape index (κ1) is 65.8. The lowest BCUT2D eigenvalue weighted by Crippen LogP contribution is -1.99. The number of ether oxygens (including phenoxy) is 1. The van der Waals surface area contributed by atoms with Gasteiger partial charge >= 0.3 is 5.97 Å². The maximum atomic E-state index is 9.44. The van der Waals surface area contributed by atoms with E-state index in [4.69, 9.17) is 30.0 Å². The van der Waals surface area contributed by atoms with Crippen molar-refractivity contribution in [2.45, 2.75) is 249 Å². The maximum Gasteiger partial charge on any atom is 0.305 e. The highest BCUT2D eigenvalue weighted by Crippen LogP contribution is 2.13. The second-order valence-electron chi connectivity index (χ2n) is 13.2. The predicted octanol–water partition coefficient (Wildman–Crippen LogP) is 13.5. The van der Waals surface area contributed by atoms with E-state index in [1.165, 1.54) is 161 Å². The van der Waals surface area contributed by atoms with Gasteiger partial charge in [0, 0.05) is 13.2 Å². The molecule has 0 radical (unpaired) electrons. The molecule has 1 fully saturated rings. The van der Waals surface area contributed by atoms with Gasteiger partial charge in [-0.2, -0.15) is 0 Å². The average molecular weight is 753 g/mol. The molecule has 0 spiro atoms. The third-order valence-corrected chi connectivity index (χ3v) is 7.91. The monoisotopic (exact) mass is 753 g/mol. The second kappa shape index (κ2) is 75.0. The molecule has 0 saturated carbocycles. The lowest BCUT2D eigenvalue weighted by Gasteiger charge is -2.06. The molecule has 7 heteroatoms. The number of carbonyl (C=O) groups is 2. The third-order valence-electron chi connectivity index (χ3n) is 7.91. The molecule has 1 heterocycles. The normalized spacial score (nSPS) is 12.2. The van der Waals surface area contributed by atoms with Gasteiger partial charge in [0.2, 0.25) is 0 Å². The zero-order valence-corrected chi connectivity index (χ0v) is 37.3. The van der Waals surface area contributed by atoms with E-state index in [1.807, 2.05) is 34.5 Å². The van der Waals surface area contributed by atoms with Crippen LogP contribution >= 0.6 is 0 Å². The Bertz CT molecular complexity index is 500. The van der Waals surface area contributed by atoms with Crippen molar-refractivity contribution in [3.8, 4) is 0 Å². The Kier molecular flexibility index (Phi) is 95.0. The molecule has 322 valence electrons. The van der Waals surface area contributed by atoms with E-state index >= 15 is 0 Å². The minimum Gasteiger partial charge on any atom is -0.481 e. The van der Waals surface area contributed by atoms with Crippen molar-refractivity contribution in [1.82, 2.24) is 0 Å². The molecule has 1 saturated heterocycles. The van der Waals surface area contributed by atoms with Crippen molar-refractivity contribution in [3.63, 3.8) is 0 Å². The first-order chi connectivity index (χ1) is 25.3. The Labute approximate surface area is 327 Å². The molecule has 0 aromatic heterocycles. The van der Waals surface area contributed by atoms with E-state index in [1.54, 1.807) is 0 Å². The highest BCUT2D eigenvalue weighted by molar-refractivity contribution is 5.66. The first-order valence-electron chi connectivity index (χ1n) is 22.3. The summed E-state index contributed by atoms with van der Waals surface area (Å²) in [6.07, 6.45) is 35.9. The Morgan fingerprint density at radius 1 is 0.558 bits per heavy atom. The number of hydrogen-bond donors (Lipinski definition) is 4. The molecule has 1 rings (SSSR count). The number of epoxide rings is 1. The van der Waals surface area contributed by atoms with Gasteiger partial charge in [0.05, 0.1) is 25.7 Å². The van der Waals surface area contributed by atoms with Crippen LogP contribution in [0.4, 0.5) is 0 Å². The van der Waals surface area contributed by atoms with Gasteiger partial charge in [0.1, 0.15) is 6.79 Å². The van der Waals surface area contributed by atoms with Crippen LogP contribution in [0.2, 0.25) is 0 Å². The molecule has 0 bridgehead atoms. The summed E-state index contributed by atoms with van der Waals surface area (Å²) in [5, 5.41) is 33.1. The van der Waals surface area contributed by atoms with Crippen molar-refractivity contribution in [2.75, 3.05) is 26.4 Å². The number of hydrogen-bond acceptors (Lipinski definition) is 6. The summed E-state index contributed by atoms with van der Waals surface area (Å²) in [5.74, 6) is -0.451. The van der Waals surface area contributed by atoms with Crippen LogP contribution in [0.25, 0.3) is 0 Å². The van der Waals surface area contributed by atoms with Crippen molar-refractivity contribution < 1.29 is 34.8 Å². The Balaban J connectivity index is -0.0000000995. The lowest BCUT2D eigenvalue weighted by atomic mass is 10.0. The SMILES string of the molecule is C=O.CC.CC.CC1CO1.CCCCCCC.CCCCCCCCCCC(C)CO.CCCCCCCCCCCCCCO.O=C(O)CCO. The molecule has 4 N–H and O–H groups in total. The van der Waals surface area contributed by atoms with Crippen LogP contribution < -0.4 is 0 Å². The van der Waals surface area contributed by atoms with Crippen molar-refractivity contribution in [1.29, 1.82) is 0 Å². The smallest absolute Gasteiger partial charge is 0.305 e. The van der Waals surface area contributed by atoms with Gasteiger partial charge in [0.15, 0.2) is 0 Å². The van der Waals surface area contributed by atoms with E-state index in [2.05, 4.69) is 41.5 Å². The number of unbranched alkanes of at least 4 members (excludes halogenated alkanes) is 22. The van der Waals surface area contributed by atoms with Gasteiger partial charge < -0.3 is 30.0 Å². The van der Waals surface area contributed by atoms with Crippen molar-refractivity contribution >= 4 is 12.8 Å². The molecule has 2 unspecified atom stereocenters. The van der Waals surface area contributed by atoms with Crippen LogP contribution in [-0.4, -0.2) is 65.7 Å². The summed E-state index contributed by atoms with van der Waals surface area (Å²) in [6.45, 7) is 24.7. The Hall–Kier alpha value is -1.02. The van der Waals surface area contributed by atoms with Gasteiger partial charge in [-0.25, -0.2) is 0 Å². The van der Waals surface area contributed by atoms with Crippen LogP contribution in [0.3, 0.4) is 0 Å². The van der Waals surface area contributed by atoms with Gasteiger partial charge in [-0.05, 0) is 25.7 Å². The molecule has 1 aliphatic rings. The molecule has 52 heavy (non-hydrogen) atoms. The van der Waals surface area contributed by atoms with E-state index in [-0.39, 0.29) is 13.0 Å². The zero-order chi connectivity index (χ0) is 41.4. The maximum absolute atomic E-state index is 9.44. The number of aliphatic hydroxyl groups excluding tert-OH is 3. The fourth-order valence-electron chi connectivity index (χ4n) is 4.54. The molecule has 0 amide bonds. The third kappa shape index (κ3) is 104. The van der Waals surface area contributed by atoms with Crippen LogP contribution in [-0.2, 0) is 14.3 Å². The molecular weight excluding hydrogens is 652 g/mol. The number of carboxylic acids is 1. The standard InChI is InChI=1S/C14H30O.C13H28O.C7H16.C3H6O3.C3H6O.2C2H6.CH2O/c1-2-3-4-5-6-7-8-9-10-11-12-13-14-15;1-3-4-5-6-7-8-9-10-11-13(2)12-14;1-3-5-7-6-4-2;4-2-1-3(5)6;1-3-2-4-3;3*1-2/h15H,2-14H2,1H3;13-14H,3-12H2,1-2H3;3-7H2,1-2H3;4H,1-2H2,(H,5,6);3H,2H2,1H3;2*1-2H3;1H2. The fourth-order valence-corrected chi connectivity index (χ4v) is 4.54. The minimum absolute atomic E-state index is 0.153. The summed E-state index contributed by atoms with van der Waals surface area (Å²) in [7, 11) is 0. The first-order valence-corrected chi connectivity index (χ1v) is 22.3. The number of aliphatic hydroxyl groups is 3. The summed E-state index contributed by atoms with van der Waals surface area (Å²) >= 11 is 0. The zero-order valence-electron chi connectivity index (χ0n) is 37.3. The van der Waals surface area contributed by atoms with Crippen molar-refractivity contribution in [2.24, 2.45) is 5.92 Å². The largest absolute Gasteiger partial charge is 0.481 e. The van der Waals surface area contributed by atoms with Gasteiger partial charge in [-0.1, -0.05) is 216 Å². The molecule has 0 aliphatic carbocycles. The van der Waals surface area contributed by atoms with Gasteiger partial charge in [0.25, 0.3) is 0 Å².